The van der Waals surface area contributed by atoms with E-state index in [1.54, 1.807) is 0 Å². The predicted octanol–water partition coefficient (Wildman–Crippen LogP) is 3.77. The van der Waals surface area contributed by atoms with Gasteiger partial charge in [-0.3, -0.25) is 0 Å². The standard InChI is InChI=1S/C15H12ClN3/c16-11-5-3-7-13-14(11)19-15(18-13)10-8-17-12-6-2-1-4-9(10)12/h1-7,10,17H,8H2,(H,18,19). The van der Waals surface area contributed by atoms with Crippen LogP contribution in [0.25, 0.3) is 11.0 Å². The first-order valence-electron chi connectivity index (χ1n) is 6.30. The van der Waals surface area contributed by atoms with Crippen LogP contribution in [0.2, 0.25) is 5.02 Å². The molecule has 4 heteroatoms. The number of halogens is 1. The molecule has 3 nitrogen and oxygen atoms in total. The molecule has 2 aromatic carbocycles. The Balaban J connectivity index is 1.86. The molecule has 1 aromatic heterocycles. The topological polar surface area (TPSA) is 40.7 Å². The number of aromatic nitrogens is 2. The van der Waals surface area contributed by atoms with Crippen molar-refractivity contribution in [1.29, 1.82) is 0 Å². The molecule has 2 heterocycles. The lowest BCUT2D eigenvalue weighted by molar-refractivity contribution is 0.836. The monoisotopic (exact) mass is 269 g/mol. The molecule has 2 N–H and O–H groups in total. The van der Waals surface area contributed by atoms with E-state index in [1.807, 2.05) is 24.3 Å². The Hall–Kier alpha value is -2.00. The first-order chi connectivity index (χ1) is 9.33. The number of anilines is 1. The van der Waals surface area contributed by atoms with Crippen molar-refractivity contribution in [3.8, 4) is 0 Å². The Morgan fingerprint density at radius 1 is 1.11 bits per heavy atom. The molecule has 1 unspecified atom stereocenters. The highest BCUT2D eigenvalue weighted by Crippen LogP contribution is 2.35. The molecule has 3 aromatic rings. The molecular weight excluding hydrogens is 258 g/mol. The normalized spacial score (nSPS) is 17.4. The van der Waals surface area contributed by atoms with E-state index in [9.17, 15) is 0 Å². The molecule has 19 heavy (non-hydrogen) atoms. The third kappa shape index (κ3) is 1.62. The second-order valence-electron chi connectivity index (χ2n) is 4.78. The summed E-state index contributed by atoms with van der Waals surface area (Å²) in [4.78, 5) is 8.05. The molecule has 1 atom stereocenters. The number of hydrogen-bond donors (Lipinski definition) is 2. The highest BCUT2D eigenvalue weighted by molar-refractivity contribution is 6.34. The Labute approximate surface area is 115 Å². The van der Waals surface area contributed by atoms with E-state index in [2.05, 4.69) is 33.5 Å². The van der Waals surface area contributed by atoms with Gasteiger partial charge in [0, 0.05) is 12.2 Å². The second kappa shape index (κ2) is 4.00. The van der Waals surface area contributed by atoms with Crippen molar-refractivity contribution in [1.82, 2.24) is 9.97 Å². The van der Waals surface area contributed by atoms with Gasteiger partial charge in [0.25, 0.3) is 0 Å². The number of imidazole rings is 1. The van der Waals surface area contributed by atoms with Crippen molar-refractivity contribution in [2.45, 2.75) is 5.92 Å². The molecule has 0 bridgehead atoms. The highest BCUT2D eigenvalue weighted by atomic mass is 35.5. The molecule has 0 amide bonds. The number of nitrogens with zero attached hydrogens (tertiary/aromatic N) is 1. The van der Waals surface area contributed by atoms with Crippen LogP contribution in [0, 0.1) is 0 Å². The SMILES string of the molecule is Clc1cccc2[nH]c(C3CNc4ccccc43)nc12. The van der Waals surface area contributed by atoms with Crippen LogP contribution < -0.4 is 5.32 Å². The number of H-pyrrole nitrogens is 1. The number of fused-ring (bicyclic) bond motifs is 2. The van der Waals surface area contributed by atoms with Crippen LogP contribution >= 0.6 is 11.6 Å². The fraction of sp³-hybridized carbons (Fsp3) is 0.133. The third-order valence-corrected chi connectivity index (χ3v) is 3.95. The maximum Gasteiger partial charge on any atom is 0.116 e. The van der Waals surface area contributed by atoms with Crippen molar-refractivity contribution in [2.75, 3.05) is 11.9 Å². The van der Waals surface area contributed by atoms with E-state index < -0.39 is 0 Å². The number of para-hydroxylation sites is 2. The van der Waals surface area contributed by atoms with E-state index in [1.165, 1.54) is 11.3 Å². The van der Waals surface area contributed by atoms with Gasteiger partial charge in [0.05, 0.1) is 16.5 Å². The Morgan fingerprint density at radius 3 is 2.89 bits per heavy atom. The zero-order valence-corrected chi connectivity index (χ0v) is 10.9. The van der Waals surface area contributed by atoms with Crippen molar-refractivity contribution in [3.05, 3.63) is 58.9 Å². The summed E-state index contributed by atoms with van der Waals surface area (Å²) in [6, 6.07) is 14.2. The maximum absolute atomic E-state index is 6.18. The molecule has 0 fully saturated rings. The minimum absolute atomic E-state index is 0.264. The van der Waals surface area contributed by atoms with Crippen LogP contribution in [0.15, 0.2) is 42.5 Å². The van der Waals surface area contributed by atoms with Crippen molar-refractivity contribution >= 4 is 28.3 Å². The third-order valence-electron chi connectivity index (χ3n) is 3.64. The molecule has 0 aliphatic carbocycles. The van der Waals surface area contributed by atoms with Gasteiger partial charge in [0.1, 0.15) is 11.3 Å². The van der Waals surface area contributed by atoms with Crippen molar-refractivity contribution in [2.24, 2.45) is 0 Å². The molecule has 94 valence electrons. The van der Waals surface area contributed by atoms with Crippen LogP contribution in [0.1, 0.15) is 17.3 Å². The van der Waals surface area contributed by atoms with E-state index in [-0.39, 0.29) is 5.92 Å². The number of nitrogens with one attached hydrogen (secondary N) is 2. The summed E-state index contributed by atoms with van der Waals surface area (Å²) in [6.07, 6.45) is 0. The fourth-order valence-electron chi connectivity index (χ4n) is 2.71. The number of hydrogen-bond acceptors (Lipinski definition) is 2. The minimum atomic E-state index is 0.264. The van der Waals surface area contributed by atoms with Crippen molar-refractivity contribution in [3.63, 3.8) is 0 Å². The highest BCUT2D eigenvalue weighted by Gasteiger charge is 2.26. The Kier molecular flexibility index (Phi) is 2.29. The lowest BCUT2D eigenvalue weighted by atomic mass is 10.0. The fourth-order valence-corrected chi connectivity index (χ4v) is 2.93. The zero-order valence-electron chi connectivity index (χ0n) is 10.2. The summed E-state index contributed by atoms with van der Waals surface area (Å²) >= 11 is 6.18. The van der Waals surface area contributed by atoms with Gasteiger partial charge in [-0.25, -0.2) is 4.98 Å². The quantitative estimate of drug-likeness (QED) is 0.706. The minimum Gasteiger partial charge on any atom is -0.384 e. The smallest absolute Gasteiger partial charge is 0.116 e. The molecule has 0 spiro atoms. The van der Waals surface area contributed by atoms with Crippen LogP contribution in [0.5, 0.6) is 0 Å². The molecule has 0 saturated heterocycles. The van der Waals surface area contributed by atoms with Crippen LogP contribution in [-0.2, 0) is 0 Å². The van der Waals surface area contributed by atoms with Crippen molar-refractivity contribution < 1.29 is 0 Å². The lowest BCUT2D eigenvalue weighted by Crippen LogP contribution is -2.05. The van der Waals surface area contributed by atoms with Gasteiger partial charge >= 0.3 is 0 Å². The van der Waals surface area contributed by atoms with E-state index in [0.29, 0.717) is 5.02 Å². The van der Waals surface area contributed by atoms with Gasteiger partial charge in [-0.2, -0.15) is 0 Å². The van der Waals surface area contributed by atoms with E-state index in [4.69, 9.17) is 11.6 Å². The first-order valence-corrected chi connectivity index (χ1v) is 6.67. The maximum atomic E-state index is 6.18. The number of benzene rings is 2. The van der Waals surface area contributed by atoms with Gasteiger partial charge in [0.15, 0.2) is 0 Å². The summed E-state index contributed by atoms with van der Waals surface area (Å²) in [7, 11) is 0. The number of rotatable bonds is 1. The molecule has 0 radical (unpaired) electrons. The van der Waals surface area contributed by atoms with Gasteiger partial charge in [-0.05, 0) is 23.8 Å². The van der Waals surface area contributed by atoms with Gasteiger partial charge in [-0.1, -0.05) is 35.9 Å². The van der Waals surface area contributed by atoms with Gasteiger partial charge in [0.2, 0.25) is 0 Å². The summed E-state index contributed by atoms with van der Waals surface area (Å²) in [5, 5.41) is 4.11. The molecule has 4 rings (SSSR count). The van der Waals surface area contributed by atoms with Gasteiger partial charge in [-0.15, -0.1) is 0 Å². The second-order valence-corrected chi connectivity index (χ2v) is 5.19. The summed E-state index contributed by atoms with van der Waals surface area (Å²) < 4.78 is 0. The molecule has 1 aliphatic rings. The first kappa shape index (κ1) is 10.9. The van der Waals surface area contributed by atoms with Crippen LogP contribution in [-0.4, -0.2) is 16.5 Å². The Morgan fingerprint density at radius 2 is 2.00 bits per heavy atom. The van der Waals surface area contributed by atoms with E-state index >= 15 is 0 Å². The largest absolute Gasteiger partial charge is 0.384 e. The van der Waals surface area contributed by atoms with E-state index in [0.717, 1.165) is 23.4 Å². The average molecular weight is 270 g/mol. The molecule has 0 saturated carbocycles. The summed E-state index contributed by atoms with van der Waals surface area (Å²) in [6.45, 7) is 0.872. The summed E-state index contributed by atoms with van der Waals surface area (Å²) in [5.74, 6) is 1.24. The summed E-state index contributed by atoms with van der Waals surface area (Å²) in [5.41, 5.74) is 4.33. The van der Waals surface area contributed by atoms with Gasteiger partial charge < -0.3 is 10.3 Å². The Bertz CT molecular complexity index is 763. The lowest BCUT2D eigenvalue weighted by Gasteiger charge is -2.05. The molecule has 1 aliphatic heterocycles. The van der Waals surface area contributed by atoms with Crippen LogP contribution in [0.4, 0.5) is 5.69 Å². The predicted molar refractivity (Wildman–Crippen MR) is 77.9 cm³/mol. The van der Waals surface area contributed by atoms with Crippen LogP contribution in [0.3, 0.4) is 0 Å². The zero-order chi connectivity index (χ0) is 12.8. The molecular formula is C15H12ClN3. The number of aromatic amines is 1. The average Bonchev–Trinajstić information content (AvgIpc) is 3.02.